The summed E-state index contributed by atoms with van der Waals surface area (Å²) in [6.45, 7) is 0. The van der Waals surface area contributed by atoms with Gasteiger partial charge in [-0.1, -0.05) is 6.07 Å². The van der Waals surface area contributed by atoms with Gasteiger partial charge in [-0.15, -0.1) is 0 Å². The molecule has 3 nitrogen and oxygen atoms in total. The van der Waals surface area contributed by atoms with Gasteiger partial charge in [0.1, 0.15) is 17.4 Å². The highest BCUT2D eigenvalue weighted by Crippen LogP contribution is 2.29. The summed E-state index contributed by atoms with van der Waals surface area (Å²) >= 11 is 0. The molecule has 2 rings (SSSR count). The van der Waals surface area contributed by atoms with Gasteiger partial charge in [-0.25, -0.2) is 0 Å². The molecule has 0 radical (unpaired) electrons. The van der Waals surface area contributed by atoms with Gasteiger partial charge in [0.05, 0.1) is 11.8 Å². The highest BCUT2D eigenvalue weighted by molar-refractivity contribution is 5.60. The second-order valence-corrected chi connectivity index (χ2v) is 3.50. The monoisotopic (exact) mass is 188 g/mol. The number of hydrogen-bond acceptors (Lipinski definition) is 3. The van der Waals surface area contributed by atoms with Crippen molar-refractivity contribution >= 4 is 5.69 Å². The van der Waals surface area contributed by atoms with Gasteiger partial charge >= 0.3 is 0 Å². The fraction of sp³-hybridized carbons (Fsp3) is 0.364. The van der Waals surface area contributed by atoms with Crippen LogP contribution in [0.5, 0.6) is 5.75 Å². The first-order valence-corrected chi connectivity index (χ1v) is 4.76. The molecule has 0 unspecified atom stereocenters. The molecule has 0 bridgehead atoms. The van der Waals surface area contributed by atoms with Crippen molar-refractivity contribution in [1.82, 2.24) is 0 Å². The lowest BCUT2D eigenvalue weighted by Crippen LogP contribution is -2.25. The van der Waals surface area contributed by atoms with E-state index in [2.05, 4.69) is 6.07 Å². The van der Waals surface area contributed by atoms with Crippen LogP contribution in [-0.4, -0.2) is 6.10 Å². The minimum absolute atomic E-state index is 0.281. The zero-order valence-corrected chi connectivity index (χ0v) is 7.86. The number of nitrogen functional groups attached to an aromatic ring is 1. The molecule has 0 saturated heterocycles. The normalized spacial score (nSPS) is 15.6. The fourth-order valence-electron chi connectivity index (χ4n) is 1.43. The first kappa shape index (κ1) is 8.89. The van der Waals surface area contributed by atoms with Gasteiger partial charge in [0, 0.05) is 0 Å². The highest BCUT2D eigenvalue weighted by Gasteiger charge is 2.20. The number of ether oxygens (including phenoxy) is 1. The van der Waals surface area contributed by atoms with Crippen LogP contribution in [0.4, 0.5) is 5.69 Å². The van der Waals surface area contributed by atoms with E-state index in [0.29, 0.717) is 17.0 Å². The molecule has 1 fully saturated rings. The maximum absolute atomic E-state index is 8.89. The third-order valence-electron chi connectivity index (χ3n) is 2.52. The van der Waals surface area contributed by atoms with Crippen molar-refractivity contribution in [2.45, 2.75) is 25.4 Å². The Morgan fingerprint density at radius 1 is 1.43 bits per heavy atom. The quantitative estimate of drug-likeness (QED) is 0.723. The molecule has 0 spiro atoms. The van der Waals surface area contributed by atoms with E-state index in [-0.39, 0.29) is 6.10 Å². The molecule has 1 aliphatic carbocycles. The van der Waals surface area contributed by atoms with Crippen LogP contribution in [-0.2, 0) is 0 Å². The summed E-state index contributed by atoms with van der Waals surface area (Å²) in [5.74, 6) is 0.622. The molecule has 1 aromatic carbocycles. The fourth-order valence-corrected chi connectivity index (χ4v) is 1.43. The van der Waals surface area contributed by atoms with E-state index in [9.17, 15) is 0 Å². The number of rotatable bonds is 2. The second-order valence-electron chi connectivity index (χ2n) is 3.50. The van der Waals surface area contributed by atoms with E-state index in [1.54, 1.807) is 12.1 Å². The molecule has 0 heterocycles. The Labute approximate surface area is 83.1 Å². The zero-order chi connectivity index (χ0) is 9.97. The summed E-state index contributed by atoms with van der Waals surface area (Å²) in [6, 6.07) is 7.39. The molecule has 0 aromatic heterocycles. The van der Waals surface area contributed by atoms with Crippen molar-refractivity contribution in [2.24, 2.45) is 0 Å². The van der Waals surface area contributed by atoms with E-state index in [1.165, 1.54) is 6.42 Å². The van der Waals surface area contributed by atoms with Crippen molar-refractivity contribution in [2.75, 3.05) is 5.73 Å². The first-order valence-electron chi connectivity index (χ1n) is 4.76. The van der Waals surface area contributed by atoms with E-state index in [4.69, 9.17) is 15.7 Å². The molecular weight excluding hydrogens is 176 g/mol. The van der Waals surface area contributed by atoms with Crippen LogP contribution in [0.25, 0.3) is 0 Å². The number of nitriles is 1. The van der Waals surface area contributed by atoms with E-state index in [1.807, 2.05) is 6.07 Å². The Hall–Kier alpha value is -1.69. The molecular formula is C11H12N2O. The van der Waals surface area contributed by atoms with Crippen molar-refractivity contribution in [3.05, 3.63) is 23.8 Å². The summed E-state index contributed by atoms with van der Waals surface area (Å²) in [7, 11) is 0. The topological polar surface area (TPSA) is 59.0 Å². The summed E-state index contributed by atoms with van der Waals surface area (Å²) in [5.41, 5.74) is 6.61. The molecule has 1 saturated carbocycles. The minimum Gasteiger partial charge on any atom is -0.489 e. The minimum atomic E-state index is 0.281. The van der Waals surface area contributed by atoms with Crippen molar-refractivity contribution in [3.63, 3.8) is 0 Å². The number of nitrogens with zero attached hydrogens (tertiary/aromatic N) is 1. The molecule has 0 aliphatic heterocycles. The lowest BCUT2D eigenvalue weighted by atomic mass is 9.96. The van der Waals surface area contributed by atoms with Crippen LogP contribution in [0.3, 0.4) is 0 Å². The van der Waals surface area contributed by atoms with Gasteiger partial charge < -0.3 is 10.5 Å². The third-order valence-corrected chi connectivity index (χ3v) is 2.52. The average Bonchev–Trinajstić information content (AvgIpc) is 2.11. The van der Waals surface area contributed by atoms with E-state index in [0.717, 1.165) is 12.8 Å². The smallest absolute Gasteiger partial charge is 0.139 e. The summed E-state index contributed by atoms with van der Waals surface area (Å²) in [5, 5.41) is 8.89. The van der Waals surface area contributed by atoms with Crippen LogP contribution in [0.1, 0.15) is 24.8 Å². The largest absolute Gasteiger partial charge is 0.489 e. The maximum Gasteiger partial charge on any atom is 0.139 e. The maximum atomic E-state index is 8.89. The lowest BCUT2D eigenvalue weighted by molar-refractivity contribution is 0.120. The lowest BCUT2D eigenvalue weighted by Gasteiger charge is -2.26. The standard InChI is InChI=1S/C11H12N2O/c12-7-9-10(13)5-2-6-11(9)14-8-3-1-4-8/h2,5-6,8H,1,3-4,13H2. The van der Waals surface area contributed by atoms with Crippen LogP contribution in [0, 0.1) is 11.3 Å². The Kier molecular flexibility index (Phi) is 2.28. The molecule has 2 N–H and O–H groups in total. The molecule has 14 heavy (non-hydrogen) atoms. The summed E-state index contributed by atoms with van der Waals surface area (Å²) in [4.78, 5) is 0. The number of anilines is 1. The van der Waals surface area contributed by atoms with Crippen LogP contribution < -0.4 is 10.5 Å². The SMILES string of the molecule is N#Cc1c(N)cccc1OC1CCC1. The third kappa shape index (κ3) is 1.51. The van der Waals surface area contributed by atoms with Crippen LogP contribution in [0.15, 0.2) is 18.2 Å². The zero-order valence-electron chi connectivity index (χ0n) is 7.86. The van der Waals surface area contributed by atoms with Crippen molar-refractivity contribution in [1.29, 1.82) is 5.26 Å². The van der Waals surface area contributed by atoms with Gasteiger partial charge in [-0.3, -0.25) is 0 Å². The molecule has 1 aromatic rings. The van der Waals surface area contributed by atoms with Crippen LogP contribution >= 0.6 is 0 Å². The predicted octanol–water partition coefficient (Wildman–Crippen LogP) is 2.07. The summed E-state index contributed by atoms with van der Waals surface area (Å²) in [6.07, 6.45) is 3.66. The number of benzene rings is 1. The van der Waals surface area contributed by atoms with E-state index < -0.39 is 0 Å². The number of hydrogen-bond donors (Lipinski definition) is 1. The van der Waals surface area contributed by atoms with Gasteiger partial charge in [0.25, 0.3) is 0 Å². The Bertz CT molecular complexity index is 377. The van der Waals surface area contributed by atoms with E-state index >= 15 is 0 Å². The summed E-state index contributed by atoms with van der Waals surface area (Å²) < 4.78 is 5.65. The van der Waals surface area contributed by atoms with Crippen LogP contribution in [0.2, 0.25) is 0 Å². The molecule has 0 amide bonds. The molecule has 3 heteroatoms. The van der Waals surface area contributed by atoms with Crippen molar-refractivity contribution in [3.8, 4) is 11.8 Å². The van der Waals surface area contributed by atoms with Gasteiger partial charge in [-0.05, 0) is 31.4 Å². The van der Waals surface area contributed by atoms with Gasteiger partial charge in [-0.2, -0.15) is 5.26 Å². The number of nitrogens with two attached hydrogens (primary N) is 1. The average molecular weight is 188 g/mol. The highest BCUT2D eigenvalue weighted by atomic mass is 16.5. The molecule has 0 atom stereocenters. The van der Waals surface area contributed by atoms with Crippen molar-refractivity contribution < 1.29 is 4.74 Å². The van der Waals surface area contributed by atoms with Gasteiger partial charge in [0.15, 0.2) is 0 Å². The Balaban J connectivity index is 2.23. The molecule has 72 valence electrons. The second kappa shape index (κ2) is 3.59. The first-order chi connectivity index (χ1) is 6.81. The Morgan fingerprint density at radius 3 is 2.79 bits per heavy atom. The predicted molar refractivity (Wildman–Crippen MR) is 53.8 cm³/mol. The Morgan fingerprint density at radius 2 is 2.21 bits per heavy atom. The van der Waals surface area contributed by atoms with Gasteiger partial charge in [0.2, 0.25) is 0 Å². The molecule has 1 aliphatic rings.